The molecule has 0 saturated carbocycles. The minimum absolute atomic E-state index is 0.0831. The fourth-order valence-electron chi connectivity index (χ4n) is 2.82. The zero-order chi connectivity index (χ0) is 14.8. The molecule has 3 rings (SSSR count). The lowest BCUT2D eigenvalue weighted by Crippen LogP contribution is -2.24. The second-order valence-electron chi connectivity index (χ2n) is 5.51. The minimum atomic E-state index is -0.0831. The highest BCUT2D eigenvalue weighted by Crippen LogP contribution is 2.31. The van der Waals surface area contributed by atoms with Gasteiger partial charge >= 0.3 is 0 Å². The molecule has 2 atom stereocenters. The van der Waals surface area contributed by atoms with E-state index in [0.717, 1.165) is 36.8 Å². The maximum absolute atomic E-state index is 6.43. The molecular weight excluding hydrogens is 266 g/mol. The number of hydrogen-bond donors (Lipinski definition) is 1. The Morgan fingerprint density at radius 2 is 2.33 bits per heavy atom. The van der Waals surface area contributed by atoms with E-state index in [2.05, 4.69) is 18.0 Å². The molecule has 2 heterocycles. The summed E-state index contributed by atoms with van der Waals surface area (Å²) in [5.41, 5.74) is 9.57. The average Bonchev–Trinajstić information content (AvgIpc) is 3.18. The van der Waals surface area contributed by atoms with Gasteiger partial charge in [-0.1, -0.05) is 6.07 Å². The number of nitrogens with zero attached hydrogens (tertiary/aromatic N) is 2. The number of methoxy groups -OCH3 is 1. The molecule has 0 bridgehead atoms. The Labute approximate surface area is 124 Å². The van der Waals surface area contributed by atoms with Crippen LogP contribution in [0.5, 0.6) is 5.75 Å². The third-order valence-electron chi connectivity index (χ3n) is 4.08. The van der Waals surface area contributed by atoms with Crippen LogP contribution in [-0.2, 0) is 4.74 Å². The Kier molecular flexibility index (Phi) is 3.94. The number of aryl methyl sites for hydroxylation is 1. The van der Waals surface area contributed by atoms with Gasteiger partial charge in [0.05, 0.1) is 43.7 Å². The first-order valence-corrected chi connectivity index (χ1v) is 7.21. The SMILES string of the molecule is COc1ccc(C)cc1-n1cncc1C(N)C1CCOC1. The van der Waals surface area contributed by atoms with Crippen LogP contribution in [0.4, 0.5) is 0 Å². The number of benzene rings is 1. The molecule has 2 aromatic rings. The van der Waals surface area contributed by atoms with Gasteiger partial charge in [0, 0.05) is 12.5 Å². The molecule has 0 amide bonds. The first kappa shape index (κ1) is 14.1. The number of rotatable bonds is 4. The predicted molar refractivity (Wildman–Crippen MR) is 80.7 cm³/mol. The highest BCUT2D eigenvalue weighted by atomic mass is 16.5. The molecule has 5 heteroatoms. The van der Waals surface area contributed by atoms with E-state index in [1.165, 1.54) is 5.56 Å². The predicted octanol–water partition coefficient (Wildman–Crippen LogP) is 2.23. The summed E-state index contributed by atoms with van der Waals surface area (Å²) in [6.45, 7) is 3.57. The lowest BCUT2D eigenvalue weighted by Gasteiger charge is -2.20. The average molecular weight is 287 g/mol. The third kappa shape index (κ3) is 2.66. The number of nitrogens with two attached hydrogens (primary N) is 1. The van der Waals surface area contributed by atoms with Gasteiger partial charge in [0.25, 0.3) is 0 Å². The summed E-state index contributed by atoms with van der Waals surface area (Å²) in [5.74, 6) is 1.16. The van der Waals surface area contributed by atoms with E-state index < -0.39 is 0 Å². The van der Waals surface area contributed by atoms with Crippen LogP contribution in [0.3, 0.4) is 0 Å². The maximum Gasteiger partial charge on any atom is 0.142 e. The summed E-state index contributed by atoms with van der Waals surface area (Å²) >= 11 is 0. The van der Waals surface area contributed by atoms with Crippen LogP contribution in [-0.4, -0.2) is 29.9 Å². The van der Waals surface area contributed by atoms with Crippen molar-refractivity contribution in [2.24, 2.45) is 11.7 Å². The van der Waals surface area contributed by atoms with Gasteiger partial charge in [-0.05, 0) is 31.0 Å². The lowest BCUT2D eigenvalue weighted by molar-refractivity contribution is 0.180. The van der Waals surface area contributed by atoms with E-state index in [1.54, 1.807) is 13.4 Å². The Balaban J connectivity index is 2.00. The number of imidazole rings is 1. The Bertz CT molecular complexity index is 618. The second-order valence-corrected chi connectivity index (χ2v) is 5.51. The van der Waals surface area contributed by atoms with Crippen molar-refractivity contribution in [2.75, 3.05) is 20.3 Å². The van der Waals surface area contributed by atoms with Crippen LogP contribution >= 0.6 is 0 Å². The molecule has 1 fully saturated rings. The highest BCUT2D eigenvalue weighted by Gasteiger charge is 2.27. The molecule has 21 heavy (non-hydrogen) atoms. The summed E-state index contributed by atoms with van der Waals surface area (Å²) in [5, 5.41) is 0. The fourth-order valence-corrected chi connectivity index (χ4v) is 2.82. The molecule has 0 aliphatic carbocycles. The van der Waals surface area contributed by atoms with Gasteiger partial charge in [0.1, 0.15) is 5.75 Å². The van der Waals surface area contributed by atoms with Crippen LogP contribution in [0.1, 0.15) is 23.7 Å². The summed E-state index contributed by atoms with van der Waals surface area (Å²) < 4.78 is 12.9. The topological polar surface area (TPSA) is 62.3 Å². The number of aromatic nitrogens is 2. The zero-order valence-electron chi connectivity index (χ0n) is 12.5. The minimum Gasteiger partial charge on any atom is -0.495 e. The molecule has 112 valence electrons. The van der Waals surface area contributed by atoms with Gasteiger partial charge in [-0.15, -0.1) is 0 Å². The molecule has 1 aromatic carbocycles. The van der Waals surface area contributed by atoms with E-state index in [-0.39, 0.29) is 6.04 Å². The van der Waals surface area contributed by atoms with Crippen molar-refractivity contribution in [3.63, 3.8) is 0 Å². The third-order valence-corrected chi connectivity index (χ3v) is 4.08. The largest absolute Gasteiger partial charge is 0.495 e. The summed E-state index contributed by atoms with van der Waals surface area (Å²) in [4.78, 5) is 4.28. The molecule has 2 unspecified atom stereocenters. The molecule has 2 N–H and O–H groups in total. The first-order valence-electron chi connectivity index (χ1n) is 7.21. The highest BCUT2D eigenvalue weighted by molar-refractivity contribution is 5.50. The van der Waals surface area contributed by atoms with E-state index in [9.17, 15) is 0 Å². The first-order chi connectivity index (χ1) is 10.2. The van der Waals surface area contributed by atoms with Crippen molar-refractivity contribution in [3.05, 3.63) is 42.0 Å². The molecule has 1 aromatic heterocycles. The van der Waals surface area contributed by atoms with Crippen molar-refractivity contribution in [1.29, 1.82) is 0 Å². The number of ether oxygens (including phenoxy) is 2. The normalized spacial score (nSPS) is 19.7. The van der Waals surface area contributed by atoms with Crippen LogP contribution in [0, 0.1) is 12.8 Å². The van der Waals surface area contributed by atoms with E-state index in [1.807, 2.05) is 22.9 Å². The van der Waals surface area contributed by atoms with Crippen LogP contribution in [0.15, 0.2) is 30.7 Å². The molecule has 0 radical (unpaired) electrons. The molecule has 5 nitrogen and oxygen atoms in total. The van der Waals surface area contributed by atoms with Crippen molar-refractivity contribution >= 4 is 0 Å². The molecule has 0 spiro atoms. The standard InChI is InChI=1S/C16H21N3O2/c1-11-3-4-15(20-2)13(7-11)19-10-18-8-14(19)16(17)12-5-6-21-9-12/h3-4,7-8,10,12,16H,5-6,9,17H2,1-2H3. The van der Waals surface area contributed by atoms with Gasteiger partial charge < -0.3 is 15.2 Å². The fraction of sp³-hybridized carbons (Fsp3) is 0.438. The van der Waals surface area contributed by atoms with Crippen molar-refractivity contribution in [1.82, 2.24) is 9.55 Å². The summed E-state index contributed by atoms with van der Waals surface area (Å²) in [6, 6.07) is 6.00. The number of hydrogen-bond acceptors (Lipinski definition) is 4. The van der Waals surface area contributed by atoms with Crippen LogP contribution < -0.4 is 10.5 Å². The molecular formula is C16H21N3O2. The zero-order valence-corrected chi connectivity index (χ0v) is 12.5. The molecule has 1 aliphatic rings. The van der Waals surface area contributed by atoms with E-state index in [4.69, 9.17) is 15.2 Å². The van der Waals surface area contributed by atoms with E-state index in [0.29, 0.717) is 5.92 Å². The lowest BCUT2D eigenvalue weighted by atomic mass is 9.97. The van der Waals surface area contributed by atoms with Crippen molar-refractivity contribution in [2.45, 2.75) is 19.4 Å². The second kappa shape index (κ2) is 5.87. The van der Waals surface area contributed by atoms with Gasteiger partial charge in [-0.2, -0.15) is 0 Å². The molecule has 1 saturated heterocycles. The summed E-state index contributed by atoms with van der Waals surface area (Å²) in [6.07, 6.45) is 4.63. The molecule has 1 aliphatic heterocycles. The van der Waals surface area contributed by atoms with Gasteiger partial charge in [0.15, 0.2) is 0 Å². The van der Waals surface area contributed by atoms with E-state index >= 15 is 0 Å². The Morgan fingerprint density at radius 1 is 1.48 bits per heavy atom. The summed E-state index contributed by atoms with van der Waals surface area (Å²) in [7, 11) is 1.68. The van der Waals surface area contributed by atoms with Crippen molar-refractivity contribution in [3.8, 4) is 11.4 Å². The van der Waals surface area contributed by atoms with Gasteiger partial charge in [0.2, 0.25) is 0 Å². The quantitative estimate of drug-likeness (QED) is 0.936. The smallest absolute Gasteiger partial charge is 0.142 e. The Hall–Kier alpha value is -1.85. The van der Waals surface area contributed by atoms with Crippen LogP contribution in [0.2, 0.25) is 0 Å². The monoisotopic (exact) mass is 287 g/mol. The van der Waals surface area contributed by atoms with Crippen molar-refractivity contribution < 1.29 is 9.47 Å². The van der Waals surface area contributed by atoms with Gasteiger partial charge in [-0.25, -0.2) is 4.98 Å². The maximum atomic E-state index is 6.43. The van der Waals surface area contributed by atoms with Crippen LogP contribution in [0.25, 0.3) is 5.69 Å². The Morgan fingerprint density at radius 3 is 3.05 bits per heavy atom. The van der Waals surface area contributed by atoms with Gasteiger partial charge in [-0.3, -0.25) is 4.57 Å².